The highest BCUT2D eigenvalue weighted by molar-refractivity contribution is 5.93. The fourth-order valence-electron chi connectivity index (χ4n) is 2.35. The van der Waals surface area contributed by atoms with E-state index in [4.69, 9.17) is 23.7 Å². The largest absolute Gasteiger partial charge is 0.497 e. The van der Waals surface area contributed by atoms with Crippen molar-refractivity contribution in [1.82, 2.24) is 0 Å². The molecule has 0 fully saturated rings. The molecule has 1 heterocycles. The molecule has 1 aliphatic heterocycles. The van der Waals surface area contributed by atoms with Crippen LogP contribution in [-0.4, -0.2) is 39.9 Å². The number of anilines is 1. The molecule has 0 spiro atoms. The molecule has 0 atom stereocenters. The number of carbonyl (C=O) groups is 1. The number of hydrogen-bond acceptors (Lipinski definition) is 6. The van der Waals surface area contributed by atoms with Gasteiger partial charge >= 0.3 is 0 Å². The maximum atomic E-state index is 12.1. The van der Waals surface area contributed by atoms with Gasteiger partial charge in [-0.25, -0.2) is 0 Å². The molecule has 2 aromatic rings. The average Bonchev–Trinajstić information content (AvgIpc) is 2.66. The molecule has 7 heteroatoms. The van der Waals surface area contributed by atoms with Crippen molar-refractivity contribution in [2.75, 3.05) is 39.4 Å². The molecule has 1 N–H and O–H groups in total. The van der Waals surface area contributed by atoms with E-state index in [1.54, 1.807) is 43.5 Å². The van der Waals surface area contributed by atoms with E-state index in [1.165, 1.54) is 7.11 Å². The molecule has 0 unspecified atom stereocenters. The van der Waals surface area contributed by atoms with Gasteiger partial charge < -0.3 is 29.0 Å². The first-order valence-corrected chi connectivity index (χ1v) is 7.74. The topological polar surface area (TPSA) is 75.3 Å². The third kappa shape index (κ3) is 4.06. The molecule has 1 aliphatic rings. The van der Waals surface area contributed by atoms with Crippen LogP contribution < -0.4 is 29.0 Å². The third-order valence-corrected chi connectivity index (χ3v) is 3.57. The number of nitrogens with one attached hydrogen (secondary N) is 1. The van der Waals surface area contributed by atoms with Gasteiger partial charge in [-0.3, -0.25) is 4.79 Å². The van der Waals surface area contributed by atoms with Crippen LogP contribution >= 0.6 is 0 Å². The second kappa shape index (κ2) is 7.65. The second-order valence-corrected chi connectivity index (χ2v) is 5.21. The Balaban J connectivity index is 1.60. The van der Waals surface area contributed by atoms with E-state index < -0.39 is 0 Å². The molecule has 132 valence electrons. The van der Waals surface area contributed by atoms with Crippen LogP contribution in [0.25, 0.3) is 0 Å². The predicted octanol–water partition coefficient (Wildman–Crippen LogP) is 2.49. The molecule has 0 saturated heterocycles. The van der Waals surface area contributed by atoms with Crippen molar-refractivity contribution in [3.63, 3.8) is 0 Å². The van der Waals surface area contributed by atoms with Crippen molar-refractivity contribution in [3.8, 4) is 28.7 Å². The SMILES string of the molecule is COc1ccc(NC(=O)COc2ccc3c(c2)OCCO3)c(OC)c1. The molecular weight excluding hydrogens is 326 g/mol. The zero-order valence-electron chi connectivity index (χ0n) is 14.0. The summed E-state index contributed by atoms with van der Waals surface area (Å²) in [4.78, 5) is 12.1. The molecule has 0 saturated carbocycles. The van der Waals surface area contributed by atoms with Gasteiger partial charge in [-0.15, -0.1) is 0 Å². The summed E-state index contributed by atoms with van der Waals surface area (Å²) in [5, 5.41) is 2.74. The summed E-state index contributed by atoms with van der Waals surface area (Å²) >= 11 is 0. The molecule has 25 heavy (non-hydrogen) atoms. The smallest absolute Gasteiger partial charge is 0.262 e. The third-order valence-electron chi connectivity index (χ3n) is 3.57. The lowest BCUT2D eigenvalue weighted by Crippen LogP contribution is -2.20. The first-order chi connectivity index (χ1) is 12.2. The fourth-order valence-corrected chi connectivity index (χ4v) is 2.35. The van der Waals surface area contributed by atoms with Gasteiger partial charge in [-0.2, -0.15) is 0 Å². The molecular formula is C18H19NO6. The Morgan fingerprint density at radius 1 is 1.00 bits per heavy atom. The summed E-state index contributed by atoms with van der Waals surface area (Å²) in [5.74, 6) is 2.65. The number of fused-ring (bicyclic) bond motifs is 1. The monoisotopic (exact) mass is 345 g/mol. The molecule has 0 aromatic heterocycles. The number of rotatable bonds is 6. The van der Waals surface area contributed by atoms with E-state index in [2.05, 4.69) is 5.32 Å². The highest BCUT2D eigenvalue weighted by atomic mass is 16.6. The lowest BCUT2D eigenvalue weighted by atomic mass is 10.2. The summed E-state index contributed by atoms with van der Waals surface area (Å²) in [7, 11) is 3.09. The number of methoxy groups -OCH3 is 2. The predicted molar refractivity (Wildman–Crippen MR) is 91.1 cm³/mol. The van der Waals surface area contributed by atoms with Crippen molar-refractivity contribution in [2.45, 2.75) is 0 Å². The Morgan fingerprint density at radius 2 is 1.76 bits per heavy atom. The van der Waals surface area contributed by atoms with Crippen LogP contribution in [0.5, 0.6) is 28.7 Å². The van der Waals surface area contributed by atoms with E-state index in [0.29, 0.717) is 47.6 Å². The number of ether oxygens (including phenoxy) is 5. The summed E-state index contributed by atoms with van der Waals surface area (Å²) in [6.45, 7) is 0.877. The van der Waals surface area contributed by atoms with Crippen molar-refractivity contribution < 1.29 is 28.5 Å². The van der Waals surface area contributed by atoms with Crippen LogP contribution in [0.3, 0.4) is 0 Å². The standard InChI is InChI=1S/C18H19NO6/c1-21-12-3-5-14(16(9-12)22-2)19-18(20)11-25-13-4-6-15-17(10-13)24-8-7-23-15/h3-6,9-10H,7-8,11H2,1-2H3,(H,19,20). The van der Waals surface area contributed by atoms with Crippen LogP contribution in [0.1, 0.15) is 0 Å². The molecule has 2 aromatic carbocycles. The average molecular weight is 345 g/mol. The van der Waals surface area contributed by atoms with Crippen molar-refractivity contribution in [1.29, 1.82) is 0 Å². The lowest BCUT2D eigenvalue weighted by molar-refractivity contribution is -0.118. The molecule has 0 bridgehead atoms. The quantitative estimate of drug-likeness (QED) is 0.867. The highest BCUT2D eigenvalue weighted by Crippen LogP contribution is 2.33. The first kappa shape index (κ1) is 16.8. The zero-order valence-corrected chi connectivity index (χ0v) is 14.0. The number of amides is 1. The van der Waals surface area contributed by atoms with E-state index in [-0.39, 0.29) is 12.5 Å². The van der Waals surface area contributed by atoms with E-state index in [0.717, 1.165) is 0 Å². The Labute approximate surface area is 145 Å². The Morgan fingerprint density at radius 3 is 2.52 bits per heavy atom. The highest BCUT2D eigenvalue weighted by Gasteiger charge is 2.13. The van der Waals surface area contributed by atoms with Gasteiger partial charge in [0.15, 0.2) is 18.1 Å². The molecule has 7 nitrogen and oxygen atoms in total. The van der Waals surface area contributed by atoms with Gasteiger partial charge in [0.1, 0.15) is 30.5 Å². The van der Waals surface area contributed by atoms with Gasteiger partial charge in [0.25, 0.3) is 5.91 Å². The maximum absolute atomic E-state index is 12.1. The van der Waals surface area contributed by atoms with Crippen LogP contribution in [0.15, 0.2) is 36.4 Å². The van der Waals surface area contributed by atoms with Crippen LogP contribution in [-0.2, 0) is 4.79 Å². The molecule has 3 rings (SSSR count). The Bertz CT molecular complexity index is 761. The Hall–Kier alpha value is -3.09. The first-order valence-electron chi connectivity index (χ1n) is 7.74. The van der Waals surface area contributed by atoms with Gasteiger partial charge in [0, 0.05) is 12.1 Å². The minimum absolute atomic E-state index is 0.144. The number of carbonyl (C=O) groups excluding carboxylic acids is 1. The van der Waals surface area contributed by atoms with E-state index in [9.17, 15) is 4.79 Å². The fraction of sp³-hybridized carbons (Fsp3) is 0.278. The summed E-state index contributed by atoms with van der Waals surface area (Å²) in [6, 6.07) is 10.3. The normalized spacial score (nSPS) is 12.2. The minimum Gasteiger partial charge on any atom is -0.497 e. The van der Waals surface area contributed by atoms with Gasteiger partial charge in [-0.05, 0) is 24.3 Å². The summed E-state index contributed by atoms with van der Waals surface area (Å²) < 4.78 is 26.8. The van der Waals surface area contributed by atoms with Crippen LogP contribution in [0.2, 0.25) is 0 Å². The van der Waals surface area contributed by atoms with Gasteiger partial charge in [-0.1, -0.05) is 0 Å². The lowest BCUT2D eigenvalue weighted by Gasteiger charge is -2.19. The van der Waals surface area contributed by atoms with Crippen molar-refractivity contribution >= 4 is 11.6 Å². The maximum Gasteiger partial charge on any atom is 0.262 e. The van der Waals surface area contributed by atoms with Crippen molar-refractivity contribution in [3.05, 3.63) is 36.4 Å². The second-order valence-electron chi connectivity index (χ2n) is 5.21. The number of hydrogen-bond donors (Lipinski definition) is 1. The number of benzene rings is 2. The molecule has 1 amide bonds. The zero-order chi connectivity index (χ0) is 17.6. The minimum atomic E-state index is -0.307. The van der Waals surface area contributed by atoms with Crippen LogP contribution in [0.4, 0.5) is 5.69 Å². The summed E-state index contributed by atoms with van der Waals surface area (Å²) in [6.07, 6.45) is 0. The van der Waals surface area contributed by atoms with Gasteiger partial charge in [0.2, 0.25) is 0 Å². The van der Waals surface area contributed by atoms with Gasteiger partial charge in [0.05, 0.1) is 19.9 Å². The van der Waals surface area contributed by atoms with E-state index >= 15 is 0 Å². The van der Waals surface area contributed by atoms with E-state index in [1.807, 2.05) is 0 Å². The Kier molecular flexibility index (Phi) is 5.13. The van der Waals surface area contributed by atoms with Crippen LogP contribution in [0, 0.1) is 0 Å². The molecule has 0 aliphatic carbocycles. The van der Waals surface area contributed by atoms with Crippen molar-refractivity contribution in [2.24, 2.45) is 0 Å². The molecule has 0 radical (unpaired) electrons. The summed E-state index contributed by atoms with van der Waals surface area (Å²) in [5.41, 5.74) is 0.541.